The first-order valence-electron chi connectivity index (χ1n) is 11.6. The molecule has 1 aliphatic carbocycles. The van der Waals surface area contributed by atoms with E-state index in [2.05, 4.69) is 58.6 Å². The minimum absolute atomic E-state index is 0.289. The molecular weight excluding hydrogens is 386 g/mol. The van der Waals surface area contributed by atoms with Gasteiger partial charge in [-0.05, 0) is 26.2 Å². The number of aromatic nitrogens is 3. The standard InChI is InChI=1S/C25H31N5O/c1-3-4-24(31)29-13-11-28(12-14-29)17-22-25(20-7-5-18(2)6-8-20)27-23-15-26-21(16-30(22)23)19-9-10-19/h5-8,15-16,19H,3-4,9-14,17H2,1-2H3. The third kappa shape index (κ3) is 4.22. The van der Waals surface area contributed by atoms with Gasteiger partial charge in [0.2, 0.25) is 5.91 Å². The van der Waals surface area contributed by atoms with Crippen LogP contribution in [0.25, 0.3) is 16.9 Å². The first-order chi connectivity index (χ1) is 15.1. The molecule has 1 saturated heterocycles. The van der Waals surface area contributed by atoms with Gasteiger partial charge in [-0.3, -0.25) is 19.1 Å². The molecule has 3 aromatic rings. The van der Waals surface area contributed by atoms with E-state index in [1.165, 1.54) is 29.8 Å². The van der Waals surface area contributed by atoms with E-state index in [1.54, 1.807) is 0 Å². The number of piperazine rings is 1. The molecule has 6 nitrogen and oxygen atoms in total. The molecule has 2 aromatic heterocycles. The molecule has 1 aromatic carbocycles. The highest BCUT2D eigenvalue weighted by Gasteiger charge is 2.27. The van der Waals surface area contributed by atoms with Crippen molar-refractivity contribution in [3.8, 4) is 11.3 Å². The van der Waals surface area contributed by atoms with Crippen molar-refractivity contribution < 1.29 is 4.79 Å². The lowest BCUT2D eigenvalue weighted by Crippen LogP contribution is -2.48. The van der Waals surface area contributed by atoms with Crippen LogP contribution in [0.4, 0.5) is 0 Å². The first kappa shape index (κ1) is 20.2. The number of rotatable bonds is 6. The molecule has 0 spiro atoms. The van der Waals surface area contributed by atoms with E-state index in [0.717, 1.165) is 56.0 Å². The number of aryl methyl sites for hydroxylation is 1. The third-order valence-electron chi connectivity index (χ3n) is 6.51. The van der Waals surface area contributed by atoms with Crippen molar-refractivity contribution in [2.24, 2.45) is 0 Å². The van der Waals surface area contributed by atoms with Crippen molar-refractivity contribution in [3.05, 3.63) is 53.6 Å². The van der Waals surface area contributed by atoms with Crippen LogP contribution in [-0.2, 0) is 11.3 Å². The topological polar surface area (TPSA) is 53.7 Å². The fourth-order valence-electron chi connectivity index (χ4n) is 4.44. The summed E-state index contributed by atoms with van der Waals surface area (Å²) in [4.78, 5) is 26.4. The van der Waals surface area contributed by atoms with E-state index < -0.39 is 0 Å². The highest BCUT2D eigenvalue weighted by atomic mass is 16.2. The molecule has 5 rings (SSSR count). The number of carbonyl (C=O) groups excluding carboxylic acids is 1. The van der Waals surface area contributed by atoms with Crippen molar-refractivity contribution in [2.45, 2.75) is 52.0 Å². The summed E-state index contributed by atoms with van der Waals surface area (Å²) in [5.41, 5.74) is 6.74. The van der Waals surface area contributed by atoms with E-state index >= 15 is 0 Å². The Balaban J connectivity index is 1.44. The van der Waals surface area contributed by atoms with Crippen LogP contribution in [0.15, 0.2) is 36.7 Å². The Labute approximate surface area is 183 Å². The molecule has 1 aliphatic heterocycles. The lowest BCUT2D eigenvalue weighted by atomic mass is 10.1. The van der Waals surface area contributed by atoms with E-state index in [0.29, 0.717) is 12.3 Å². The number of amides is 1. The second kappa shape index (κ2) is 8.42. The number of benzene rings is 1. The summed E-state index contributed by atoms with van der Waals surface area (Å²) in [5.74, 6) is 0.896. The SMILES string of the molecule is CCCC(=O)N1CCN(Cc2c(-c3ccc(C)cc3)nc3cnc(C4CC4)cn23)CC1. The second-order valence-corrected chi connectivity index (χ2v) is 8.99. The molecule has 1 saturated carbocycles. The fourth-order valence-corrected chi connectivity index (χ4v) is 4.44. The Morgan fingerprint density at radius 3 is 2.52 bits per heavy atom. The number of hydrogen-bond acceptors (Lipinski definition) is 4. The van der Waals surface area contributed by atoms with E-state index in [9.17, 15) is 4.79 Å². The van der Waals surface area contributed by atoms with Gasteiger partial charge >= 0.3 is 0 Å². The molecule has 162 valence electrons. The zero-order chi connectivity index (χ0) is 21.4. The largest absolute Gasteiger partial charge is 0.340 e. The molecule has 2 aliphatic rings. The zero-order valence-electron chi connectivity index (χ0n) is 18.5. The molecule has 31 heavy (non-hydrogen) atoms. The molecule has 3 heterocycles. The fraction of sp³-hybridized carbons (Fsp3) is 0.480. The summed E-state index contributed by atoms with van der Waals surface area (Å²) < 4.78 is 2.25. The summed E-state index contributed by atoms with van der Waals surface area (Å²) in [6.45, 7) is 8.42. The number of carbonyl (C=O) groups is 1. The highest BCUT2D eigenvalue weighted by Crippen LogP contribution is 2.39. The quantitative estimate of drug-likeness (QED) is 0.608. The van der Waals surface area contributed by atoms with Gasteiger partial charge in [0.05, 0.1) is 23.3 Å². The lowest BCUT2D eigenvalue weighted by molar-refractivity contribution is -0.133. The summed E-state index contributed by atoms with van der Waals surface area (Å²) in [6.07, 6.45) is 8.17. The molecule has 1 amide bonds. The third-order valence-corrected chi connectivity index (χ3v) is 6.51. The van der Waals surface area contributed by atoms with Crippen LogP contribution >= 0.6 is 0 Å². The Morgan fingerprint density at radius 1 is 1.10 bits per heavy atom. The predicted molar refractivity (Wildman–Crippen MR) is 122 cm³/mol. The van der Waals surface area contributed by atoms with Crippen LogP contribution in [-0.4, -0.2) is 56.3 Å². The smallest absolute Gasteiger partial charge is 0.222 e. The first-order valence-corrected chi connectivity index (χ1v) is 11.6. The number of imidazole rings is 1. The van der Waals surface area contributed by atoms with Crippen LogP contribution in [0.1, 0.15) is 55.5 Å². The molecule has 0 atom stereocenters. The van der Waals surface area contributed by atoms with E-state index in [-0.39, 0.29) is 5.91 Å². The van der Waals surface area contributed by atoms with Gasteiger partial charge in [0.1, 0.15) is 0 Å². The van der Waals surface area contributed by atoms with Crippen molar-refractivity contribution in [2.75, 3.05) is 26.2 Å². The molecule has 0 bridgehead atoms. The van der Waals surface area contributed by atoms with E-state index in [4.69, 9.17) is 4.98 Å². The molecule has 0 N–H and O–H groups in total. The van der Waals surface area contributed by atoms with Gasteiger partial charge in [-0.1, -0.05) is 36.8 Å². The van der Waals surface area contributed by atoms with Gasteiger partial charge in [0, 0.05) is 56.8 Å². The average molecular weight is 418 g/mol. The highest BCUT2D eigenvalue weighted by molar-refractivity contribution is 5.76. The maximum absolute atomic E-state index is 12.3. The van der Waals surface area contributed by atoms with Gasteiger partial charge in [0.25, 0.3) is 0 Å². The lowest BCUT2D eigenvalue weighted by Gasteiger charge is -2.34. The van der Waals surface area contributed by atoms with E-state index in [1.807, 2.05) is 11.1 Å². The maximum Gasteiger partial charge on any atom is 0.222 e. The maximum atomic E-state index is 12.3. The minimum Gasteiger partial charge on any atom is -0.340 e. The van der Waals surface area contributed by atoms with Crippen molar-refractivity contribution in [1.29, 1.82) is 0 Å². The summed E-state index contributed by atoms with van der Waals surface area (Å²) in [7, 11) is 0. The monoisotopic (exact) mass is 417 g/mol. The van der Waals surface area contributed by atoms with Crippen molar-refractivity contribution in [3.63, 3.8) is 0 Å². The number of hydrogen-bond donors (Lipinski definition) is 0. The van der Waals surface area contributed by atoms with Crippen LogP contribution in [0.3, 0.4) is 0 Å². The van der Waals surface area contributed by atoms with Gasteiger partial charge < -0.3 is 4.90 Å². The van der Waals surface area contributed by atoms with Crippen LogP contribution in [0.2, 0.25) is 0 Å². The molecule has 0 unspecified atom stereocenters. The zero-order valence-corrected chi connectivity index (χ0v) is 18.5. The summed E-state index contributed by atoms with van der Waals surface area (Å²) in [5, 5.41) is 0. The van der Waals surface area contributed by atoms with Crippen LogP contribution in [0.5, 0.6) is 0 Å². The van der Waals surface area contributed by atoms with Crippen molar-refractivity contribution >= 4 is 11.6 Å². The number of fused-ring (bicyclic) bond motifs is 1. The Morgan fingerprint density at radius 2 is 1.84 bits per heavy atom. The Bertz CT molecular complexity index is 1080. The summed E-state index contributed by atoms with van der Waals surface area (Å²) in [6, 6.07) is 8.62. The van der Waals surface area contributed by atoms with Crippen LogP contribution in [0, 0.1) is 6.92 Å². The molecular formula is C25H31N5O. The Hall–Kier alpha value is -2.73. The van der Waals surface area contributed by atoms with Crippen LogP contribution < -0.4 is 0 Å². The second-order valence-electron chi connectivity index (χ2n) is 8.99. The molecule has 0 radical (unpaired) electrons. The summed E-state index contributed by atoms with van der Waals surface area (Å²) >= 11 is 0. The number of nitrogens with zero attached hydrogens (tertiary/aromatic N) is 5. The Kier molecular flexibility index (Phi) is 5.48. The van der Waals surface area contributed by atoms with Crippen molar-refractivity contribution in [1.82, 2.24) is 24.2 Å². The van der Waals surface area contributed by atoms with Gasteiger partial charge in [-0.25, -0.2) is 4.98 Å². The van der Waals surface area contributed by atoms with Gasteiger partial charge in [-0.15, -0.1) is 0 Å². The molecule has 2 fully saturated rings. The molecule has 6 heteroatoms. The average Bonchev–Trinajstić information content (AvgIpc) is 3.58. The predicted octanol–water partition coefficient (Wildman–Crippen LogP) is 4.03. The minimum atomic E-state index is 0.289. The normalized spacial score (nSPS) is 17.4. The van der Waals surface area contributed by atoms with Gasteiger partial charge in [-0.2, -0.15) is 0 Å². The van der Waals surface area contributed by atoms with Gasteiger partial charge in [0.15, 0.2) is 5.65 Å².